The second-order valence-electron chi connectivity index (χ2n) is 3.83. The maximum Gasteiger partial charge on any atom is 0.119 e. The Morgan fingerprint density at radius 1 is 1.06 bits per heavy atom. The van der Waals surface area contributed by atoms with E-state index in [0.717, 1.165) is 16.9 Å². The van der Waals surface area contributed by atoms with E-state index in [2.05, 4.69) is 11.9 Å². The van der Waals surface area contributed by atoms with Gasteiger partial charge in [-0.1, -0.05) is 24.3 Å². The van der Waals surface area contributed by atoms with Crippen LogP contribution in [-0.4, -0.2) is 5.11 Å². The molecule has 0 aliphatic heterocycles. The van der Waals surface area contributed by atoms with E-state index in [9.17, 15) is 5.11 Å². The minimum atomic E-state index is 0.309. The Balaban J connectivity index is 2.22. The van der Waals surface area contributed by atoms with Crippen LogP contribution in [0.1, 0.15) is 5.56 Å². The van der Waals surface area contributed by atoms with Crippen LogP contribution in [0.2, 0.25) is 0 Å². The summed E-state index contributed by atoms with van der Waals surface area (Å²) in [6.07, 6.45) is 2.44. The largest absolute Gasteiger partial charge is 0.508 e. The molecular formula is C15H15NO. The lowest BCUT2D eigenvalue weighted by Crippen LogP contribution is -1.91. The molecule has 17 heavy (non-hydrogen) atoms. The lowest BCUT2D eigenvalue weighted by molar-refractivity contribution is 0.470. The molecule has 2 rings (SSSR count). The van der Waals surface area contributed by atoms with Crippen molar-refractivity contribution in [1.82, 2.24) is 0 Å². The first-order valence-corrected chi connectivity index (χ1v) is 5.54. The zero-order valence-electron chi connectivity index (χ0n) is 9.56. The molecule has 0 heterocycles. The van der Waals surface area contributed by atoms with Crippen LogP contribution in [0.4, 0.5) is 11.4 Å². The minimum Gasteiger partial charge on any atom is -0.508 e. The first kappa shape index (κ1) is 11.3. The van der Waals surface area contributed by atoms with Crippen molar-refractivity contribution in [2.24, 2.45) is 0 Å². The van der Waals surface area contributed by atoms with E-state index in [1.54, 1.807) is 12.1 Å². The standard InChI is InChI=1S/C15H15NO/c1-2-6-12-11-14(9-10-15(12)17)16-13-7-4-3-5-8-13/h2-5,7-11,16-17H,1,6H2. The molecule has 0 atom stereocenters. The quantitative estimate of drug-likeness (QED) is 0.611. The third kappa shape index (κ3) is 2.88. The fraction of sp³-hybridized carbons (Fsp3) is 0.0667. The van der Waals surface area contributed by atoms with Crippen LogP contribution >= 0.6 is 0 Å². The van der Waals surface area contributed by atoms with E-state index in [4.69, 9.17) is 0 Å². The molecule has 2 aromatic carbocycles. The van der Waals surface area contributed by atoms with Gasteiger partial charge in [0.2, 0.25) is 0 Å². The van der Waals surface area contributed by atoms with Crippen molar-refractivity contribution in [1.29, 1.82) is 0 Å². The van der Waals surface area contributed by atoms with Gasteiger partial charge in [-0.2, -0.15) is 0 Å². The number of hydrogen-bond acceptors (Lipinski definition) is 2. The van der Waals surface area contributed by atoms with E-state index in [1.165, 1.54) is 0 Å². The molecule has 0 aliphatic rings. The molecule has 2 aromatic rings. The van der Waals surface area contributed by atoms with Gasteiger partial charge in [0.25, 0.3) is 0 Å². The Hall–Kier alpha value is -2.22. The molecule has 2 N–H and O–H groups in total. The summed E-state index contributed by atoms with van der Waals surface area (Å²) in [6, 6.07) is 15.4. The molecule has 0 spiro atoms. The van der Waals surface area contributed by atoms with Gasteiger partial charge in [0.15, 0.2) is 0 Å². The van der Waals surface area contributed by atoms with Crippen LogP contribution in [0.3, 0.4) is 0 Å². The van der Waals surface area contributed by atoms with Gasteiger partial charge in [-0.3, -0.25) is 0 Å². The van der Waals surface area contributed by atoms with Crippen molar-refractivity contribution >= 4 is 11.4 Å². The van der Waals surface area contributed by atoms with Crippen LogP contribution in [0, 0.1) is 0 Å². The summed E-state index contributed by atoms with van der Waals surface area (Å²) in [5, 5.41) is 12.9. The molecule has 2 nitrogen and oxygen atoms in total. The van der Waals surface area contributed by atoms with Crippen LogP contribution in [0.25, 0.3) is 0 Å². The summed E-state index contributed by atoms with van der Waals surface area (Å²) in [5.74, 6) is 0.309. The molecule has 0 saturated carbocycles. The fourth-order valence-corrected chi connectivity index (χ4v) is 1.67. The Morgan fingerprint density at radius 3 is 2.53 bits per heavy atom. The van der Waals surface area contributed by atoms with Gasteiger partial charge in [-0.15, -0.1) is 6.58 Å². The second-order valence-corrected chi connectivity index (χ2v) is 3.83. The van der Waals surface area contributed by atoms with Crippen molar-refractivity contribution in [3.05, 3.63) is 66.7 Å². The Labute approximate surface area is 101 Å². The highest BCUT2D eigenvalue weighted by atomic mass is 16.3. The van der Waals surface area contributed by atoms with Crippen LogP contribution in [0.5, 0.6) is 5.75 Å². The summed E-state index contributed by atoms with van der Waals surface area (Å²) in [4.78, 5) is 0. The van der Waals surface area contributed by atoms with Gasteiger partial charge < -0.3 is 10.4 Å². The summed E-state index contributed by atoms with van der Waals surface area (Å²) in [7, 11) is 0. The molecule has 0 amide bonds. The number of aromatic hydroxyl groups is 1. The monoisotopic (exact) mass is 225 g/mol. The van der Waals surface area contributed by atoms with Gasteiger partial charge in [0, 0.05) is 11.4 Å². The number of anilines is 2. The molecule has 0 aliphatic carbocycles. The summed E-state index contributed by atoms with van der Waals surface area (Å²) < 4.78 is 0. The number of allylic oxidation sites excluding steroid dienone is 1. The maximum absolute atomic E-state index is 9.66. The van der Waals surface area contributed by atoms with Gasteiger partial charge in [-0.05, 0) is 42.3 Å². The molecule has 86 valence electrons. The summed E-state index contributed by atoms with van der Waals surface area (Å²) >= 11 is 0. The van der Waals surface area contributed by atoms with Gasteiger partial charge in [-0.25, -0.2) is 0 Å². The number of phenolic OH excluding ortho intramolecular Hbond substituents is 1. The number of rotatable bonds is 4. The van der Waals surface area contributed by atoms with Crippen molar-refractivity contribution in [2.75, 3.05) is 5.32 Å². The molecule has 0 saturated heterocycles. The Morgan fingerprint density at radius 2 is 1.82 bits per heavy atom. The van der Waals surface area contributed by atoms with Crippen LogP contribution < -0.4 is 5.32 Å². The average molecular weight is 225 g/mol. The highest BCUT2D eigenvalue weighted by Gasteiger charge is 2.01. The van der Waals surface area contributed by atoms with Crippen molar-refractivity contribution in [3.63, 3.8) is 0 Å². The summed E-state index contributed by atoms with van der Waals surface area (Å²) in [6.45, 7) is 3.68. The highest BCUT2D eigenvalue weighted by molar-refractivity contribution is 5.61. The number of hydrogen-bond donors (Lipinski definition) is 2. The minimum absolute atomic E-state index is 0.309. The first-order chi connectivity index (χ1) is 8.29. The Bertz CT molecular complexity index is 506. The summed E-state index contributed by atoms with van der Waals surface area (Å²) in [5.41, 5.74) is 2.87. The molecule has 0 radical (unpaired) electrons. The molecule has 0 unspecified atom stereocenters. The van der Waals surface area contributed by atoms with Crippen LogP contribution in [-0.2, 0) is 6.42 Å². The van der Waals surface area contributed by atoms with E-state index >= 15 is 0 Å². The van der Waals surface area contributed by atoms with Gasteiger partial charge >= 0.3 is 0 Å². The topological polar surface area (TPSA) is 32.3 Å². The zero-order chi connectivity index (χ0) is 12.1. The Kier molecular flexibility index (Phi) is 3.46. The van der Waals surface area contributed by atoms with Crippen molar-refractivity contribution < 1.29 is 5.11 Å². The number of para-hydroxylation sites is 1. The number of phenols is 1. The molecule has 2 heteroatoms. The smallest absolute Gasteiger partial charge is 0.119 e. The molecular weight excluding hydrogens is 210 g/mol. The average Bonchev–Trinajstić information content (AvgIpc) is 2.35. The van der Waals surface area contributed by atoms with Crippen LogP contribution in [0.15, 0.2) is 61.2 Å². The molecule has 0 fully saturated rings. The zero-order valence-corrected chi connectivity index (χ0v) is 9.56. The van der Waals surface area contributed by atoms with Gasteiger partial charge in [0.05, 0.1) is 0 Å². The predicted molar refractivity (Wildman–Crippen MR) is 71.7 cm³/mol. The number of nitrogens with one attached hydrogen (secondary N) is 1. The van der Waals surface area contributed by atoms with Crippen molar-refractivity contribution in [3.8, 4) is 5.75 Å². The predicted octanol–water partition coefficient (Wildman–Crippen LogP) is 3.86. The molecule has 0 bridgehead atoms. The highest BCUT2D eigenvalue weighted by Crippen LogP contribution is 2.24. The van der Waals surface area contributed by atoms with Gasteiger partial charge in [0.1, 0.15) is 5.75 Å². The van der Waals surface area contributed by atoms with E-state index in [1.807, 2.05) is 42.5 Å². The maximum atomic E-state index is 9.66. The lowest BCUT2D eigenvalue weighted by Gasteiger charge is -2.09. The fourth-order valence-electron chi connectivity index (χ4n) is 1.67. The normalized spacial score (nSPS) is 9.88. The first-order valence-electron chi connectivity index (χ1n) is 5.54. The van der Waals surface area contributed by atoms with E-state index in [-0.39, 0.29) is 0 Å². The third-order valence-corrected chi connectivity index (χ3v) is 2.51. The second kappa shape index (κ2) is 5.21. The van der Waals surface area contributed by atoms with Crippen molar-refractivity contribution in [2.45, 2.75) is 6.42 Å². The lowest BCUT2D eigenvalue weighted by atomic mass is 10.1. The third-order valence-electron chi connectivity index (χ3n) is 2.51. The molecule has 0 aromatic heterocycles. The SMILES string of the molecule is C=CCc1cc(Nc2ccccc2)ccc1O. The number of benzene rings is 2. The van der Waals surface area contributed by atoms with E-state index < -0.39 is 0 Å². The van der Waals surface area contributed by atoms with E-state index in [0.29, 0.717) is 12.2 Å².